The van der Waals surface area contributed by atoms with Gasteiger partial charge in [-0.05, 0) is 40.6 Å². The Balaban J connectivity index is 0.000000237. The Hall–Kier alpha value is -3.83. The first-order valence-corrected chi connectivity index (χ1v) is 25.0. The van der Waals surface area contributed by atoms with Gasteiger partial charge in [0.2, 0.25) is 0 Å². The molecule has 7 rings (SSSR count). The number of benzene rings is 4. The fourth-order valence-corrected chi connectivity index (χ4v) is 10.4. The van der Waals surface area contributed by atoms with E-state index in [0.717, 1.165) is 50.9 Å². The molecular weight excluding hydrogens is 861 g/mol. The molecule has 3 nitrogen and oxygen atoms in total. The molecule has 1 radical (unpaired) electrons. The Morgan fingerprint density at radius 2 is 1.49 bits per heavy atom. The zero-order valence-corrected chi connectivity index (χ0v) is 35.8. The van der Waals surface area contributed by atoms with Crippen molar-refractivity contribution in [1.82, 2.24) is 9.97 Å². The third kappa shape index (κ3) is 8.80. The van der Waals surface area contributed by atoms with E-state index in [4.69, 9.17) is 9.40 Å². The average Bonchev–Trinajstić information content (AvgIpc) is 3.47. The second kappa shape index (κ2) is 15.8. The molecule has 0 amide bonds. The third-order valence-corrected chi connectivity index (χ3v) is 13.5. The molecule has 0 aliphatic carbocycles. The molecule has 51 heavy (non-hydrogen) atoms. The maximum Gasteiger partial charge on any atom is 0 e. The van der Waals surface area contributed by atoms with Crippen LogP contribution in [0.4, 0.5) is 0 Å². The SMILES string of the molecule is CC(C)c1ccc2c(oc3c(-c4cc(CC(C)(C)C)ccn4)[c-]ccc32)c1-c1ccccc1.Cc1cc(-c2[c-]cccc2)nc[c]1[Ge]([CH3])([CH3])[CH3].[Ir]. The van der Waals surface area contributed by atoms with Crippen LogP contribution < -0.4 is 4.40 Å². The number of aryl methyl sites for hydroxylation is 1. The number of furan rings is 1. The second-order valence-corrected chi connectivity index (χ2v) is 26.4. The van der Waals surface area contributed by atoms with E-state index in [1.165, 1.54) is 32.2 Å². The van der Waals surface area contributed by atoms with Crippen LogP contribution in [0.1, 0.15) is 57.2 Å². The molecule has 3 heterocycles. The minimum atomic E-state index is -1.77. The standard InChI is InChI=1S/C31H30NO.C15H18GeN.Ir/c1-20(2)23-14-15-25-24-12-9-13-26(27-18-21(16-17-32-27)19-31(3,4)5)29(24)33-30(25)28(23)22-10-7-6-8-11-22;1-12-10-15(13-8-6-5-7-9-13)17-11-14(12)16(2,3)4;/h6-12,14-18,20H,19H2,1-5H3;5-8,10-11H,1-4H3;/q2*-1;. The quantitative estimate of drug-likeness (QED) is 0.123. The number of hydrogen-bond donors (Lipinski definition) is 0. The van der Waals surface area contributed by atoms with E-state index >= 15 is 0 Å². The summed E-state index contributed by atoms with van der Waals surface area (Å²) in [4.78, 5) is 9.29. The molecule has 0 atom stereocenters. The number of hydrogen-bond acceptors (Lipinski definition) is 3. The number of nitrogens with zero attached hydrogens (tertiary/aromatic N) is 2. The molecule has 0 aliphatic rings. The number of pyridine rings is 2. The summed E-state index contributed by atoms with van der Waals surface area (Å²) in [7, 11) is 0. The zero-order chi connectivity index (χ0) is 35.6. The molecule has 0 N–H and O–H groups in total. The molecular formula is C46H48GeIrN2O-2. The number of rotatable bonds is 6. The maximum absolute atomic E-state index is 6.68. The van der Waals surface area contributed by atoms with Crippen LogP contribution in [0.5, 0.6) is 0 Å². The maximum atomic E-state index is 6.68. The van der Waals surface area contributed by atoms with Gasteiger partial charge < -0.3 is 9.40 Å². The van der Waals surface area contributed by atoms with Gasteiger partial charge in [0.15, 0.2) is 0 Å². The molecule has 5 heteroatoms. The van der Waals surface area contributed by atoms with Crippen LogP contribution >= 0.6 is 0 Å². The molecule has 0 aliphatic heterocycles. The third-order valence-electron chi connectivity index (χ3n) is 9.04. The molecule has 0 bridgehead atoms. The van der Waals surface area contributed by atoms with Crippen LogP contribution in [0.3, 0.4) is 0 Å². The average molecular weight is 910 g/mol. The molecule has 3 aromatic heterocycles. The largest absolute Gasteiger partial charge is 0 e. The summed E-state index contributed by atoms with van der Waals surface area (Å²) >= 11 is -1.77. The van der Waals surface area contributed by atoms with Crippen molar-refractivity contribution in [3.63, 3.8) is 0 Å². The van der Waals surface area contributed by atoms with E-state index in [2.05, 4.69) is 155 Å². The van der Waals surface area contributed by atoms with Crippen molar-refractivity contribution < 1.29 is 24.5 Å². The van der Waals surface area contributed by atoms with Crippen LogP contribution in [0.15, 0.2) is 114 Å². The first-order valence-electron chi connectivity index (χ1n) is 17.6. The van der Waals surface area contributed by atoms with Crippen molar-refractivity contribution in [2.45, 2.75) is 71.1 Å². The van der Waals surface area contributed by atoms with Crippen LogP contribution in [0, 0.1) is 24.5 Å². The monoisotopic (exact) mass is 911 g/mol. The Morgan fingerprint density at radius 1 is 0.765 bits per heavy atom. The van der Waals surface area contributed by atoms with Crippen molar-refractivity contribution in [2.24, 2.45) is 5.41 Å². The van der Waals surface area contributed by atoms with Crippen LogP contribution in [-0.2, 0) is 26.5 Å². The van der Waals surface area contributed by atoms with Gasteiger partial charge in [-0.3, -0.25) is 0 Å². The van der Waals surface area contributed by atoms with Crippen molar-refractivity contribution in [2.75, 3.05) is 0 Å². The molecule has 0 fully saturated rings. The van der Waals surface area contributed by atoms with Gasteiger partial charge in [-0.1, -0.05) is 99.7 Å². The summed E-state index contributed by atoms with van der Waals surface area (Å²) in [6.07, 6.45) is 4.97. The summed E-state index contributed by atoms with van der Waals surface area (Å²) in [6.45, 7) is 13.4. The van der Waals surface area contributed by atoms with Crippen LogP contribution in [0.2, 0.25) is 17.3 Å². The van der Waals surface area contributed by atoms with Crippen molar-refractivity contribution in [1.29, 1.82) is 0 Å². The van der Waals surface area contributed by atoms with Gasteiger partial charge in [0.1, 0.15) is 5.58 Å². The Bertz CT molecular complexity index is 2240. The minimum absolute atomic E-state index is 0. The predicted molar refractivity (Wildman–Crippen MR) is 215 cm³/mol. The zero-order valence-electron chi connectivity index (χ0n) is 31.3. The molecule has 0 spiro atoms. The molecule has 0 saturated heterocycles. The van der Waals surface area contributed by atoms with Gasteiger partial charge >= 0.3 is 106 Å². The topological polar surface area (TPSA) is 38.9 Å². The summed E-state index contributed by atoms with van der Waals surface area (Å²) in [6, 6.07) is 40.2. The van der Waals surface area contributed by atoms with Crippen LogP contribution in [0.25, 0.3) is 55.6 Å². The summed E-state index contributed by atoms with van der Waals surface area (Å²) in [5.41, 5.74) is 12.2. The van der Waals surface area contributed by atoms with Crippen molar-refractivity contribution >= 4 is 39.6 Å². The fraction of sp³-hybridized carbons (Fsp3) is 0.261. The van der Waals surface area contributed by atoms with E-state index in [9.17, 15) is 0 Å². The predicted octanol–water partition coefficient (Wildman–Crippen LogP) is 12.2. The first kappa shape index (κ1) is 38.4. The summed E-state index contributed by atoms with van der Waals surface area (Å²) in [5, 5.41) is 2.24. The second-order valence-electron chi connectivity index (χ2n) is 15.8. The first-order chi connectivity index (χ1) is 23.8. The van der Waals surface area contributed by atoms with E-state index in [1.54, 1.807) is 0 Å². The Morgan fingerprint density at radius 3 is 2.14 bits per heavy atom. The van der Waals surface area contributed by atoms with Crippen LogP contribution in [-0.4, -0.2) is 23.2 Å². The van der Waals surface area contributed by atoms with E-state index in [0.29, 0.717) is 5.92 Å². The van der Waals surface area contributed by atoms with E-state index in [-0.39, 0.29) is 25.5 Å². The Kier molecular flexibility index (Phi) is 11.9. The molecule has 0 unspecified atom stereocenters. The van der Waals surface area contributed by atoms with Gasteiger partial charge in [-0.2, -0.15) is 0 Å². The molecule has 4 aromatic carbocycles. The normalized spacial score (nSPS) is 11.7. The van der Waals surface area contributed by atoms with E-state index < -0.39 is 13.3 Å². The smallest absolute Gasteiger partial charge is 0 e. The van der Waals surface area contributed by atoms with Crippen molar-refractivity contribution in [3.8, 4) is 33.6 Å². The van der Waals surface area contributed by atoms with Gasteiger partial charge in [0.05, 0.1) is 5.58 Å². The van der Waals surface area contributed by atoms with Gasteiger partial charge in [0, 0.05) is 37.3 Å². The molecule has 263 valence electrons. The van der Waals surface area contributed by atoms with Gasteiger partial charge in [-0.15, -0.1) is 18.2 Å². The summed E-state index contributed by atoms with van der Waals surface area (Å²) < 4.78 is 8.17. The van der Waals surface area contributed by atoms with Crippen molar-refractivity contribution in [3.05, 3.63) is 138 Å². The molecule has 0 saturated carbocycles. The van der Waals surface area contributed by atoms with Gasteiger partial charge in [-0.25, -0.2) is 0 Å². The Labute approximate surface area is 320 Å². The minimum Gasteiger partial charge on any atom is 0 e. The van der Waals surface area contributed by atoms with E-state index in [1.807, 2.05) is 30.5 Å². The molecule has 7 aromatic rings. The number of aromatic nitrogens is 2. The number of fused-ring (bicyclic) bond motifs is 3. The fourth-order valence-electron chi connectivity index (χ4n) is 6.77. The van der Waals surface area contributed by atoms with Gasteiger partial charge in [0.25, 0.3) is 0 Å². The summed E-state index contributed by atoms with van der Waals surface area (Å²) in [5.74, 6) is 7.59.